The predicted octanol–water partition coefficient (Wildman–Crippen LogP) is 4.86. The number of hydrogen-bond acceptors (Lipinski definition) is 6. The number of benzene rings is 2. The smallest absolute Gasteiger partial charge is 0.229 e. The summed E-state index contributed by atoms with van der Waals surface area (Å²) >= 11 is 11.9. The Kier molecular flexibility index (Phi) is 4.73. The molecule has 2 aromatic carbocycles. The van der Waals surface area contributed by atoms with Crippen LogP contribution in [-0.2, 0) is 6.54 Å². The van der Waals surface area contributed by atoms with Crippen molar-refractivity contribution in [2.24, 2.45) is 0 Å². The van der Waals surface area contributed by atoms with Crippen LogP contribution in [0, 0.1) is 5.82 Å². The van der Waals surface area contributed by atoms with Gasteiger partial charge < -0.3 is 15.6 Å². The summed E-state index contributed by atoms with van der Waals surface area (Å²) in [6.45, 7) is 0.789. The number of nitrogens with zero attached hydrogens (tertiary/aromatic N) is 3. The molecule has 0 saturated heterocycles. The van der Waals surface area contributed by atoms with E-state index in [2.05, 4.69) is 26.0 Å². The molecule has 0 radical (unpaired) electrons. The Morgan fingerprint density at radius 2 is 1.85 bits per heavy atom. The third kappa shape index (κ3) is 3.75. The molecule has 138 valence electrons. The zero-order valence-corrected chi connectivity index (χ0v) is 15.7. The molecule has 0 bridgehead atoms. The second-order valence-corrected chi connectivity index (χ2v) is 6.82. The molecule has 0 spiro atoms. The monoisotopic (exact) mass is 404 g/mol. The van der Waals surface area contributed by atoms with Gasteiger partial charge in [-0.25, -0.2) is 14.8 Å². The van der Waals surface area contributed by atoms with E-state index in [1.807, 2.05) is 30.3 Å². The van der Waals surface area contributed by atoms with Crippen molar-refractivity contribution in [3.05, 3.63) is 64.0 Å². The van der Waals surface area contributed by atoms with Crippen LogP contribution in [0.3, 0.4) is 0 Å². The van der Waals surface area contributed by atoms with Gasteiger partial charge >= 0.3 is 0 Å². The van der Waals surface area contributed by atoms with Crippen molar-refractivity contribution in [1.82, 2.24) is 15.4 Å². The number of anilines is 5. The van der Waals surface area contributed by atoms with Gasteiger partial charge in [0.25, 0.3) is 0 Å². The lowest BCUT2D eigenvalue weighted by Crippen LogP contribution is -2.26. The van der Waals surface area contributed by atoms with Gasteiger partial charge in [0.05, 0.1) is 21.9 Å². The van der Waals surface area contributed by atoms with Gasteiger partial charge in [-0.15, -0.1) is 0 Å². The van der Waals surface area contributed by atoms with Gasteiger partial charge in [0.1, 0.15) is 0 Å². The van der Waals surface area contributed by atoms with Gasteiger partial charge in [-0.1, -0.05) is 29.3 Å². The zero-order valence-electron chi connectivity index (χ0n) is 14.2. The van der Waals surface area contributed by atoms with Crippen molar-refractivity contribution in [3.8, 4) is 0 Å². The van der Waals surface area contributed by atoms with Crippen LogP contribution in [0.15, 0.2) is 42.6 Å². The molecule has 1 aliphatic rings. The quantitative estimate of drug-likeness (QED) is 0.576. The number of fused-ring (bicyclic) bond motifs is 1. The van der Waals surface area contributed by atoms with Crippen molar-refractivity contribution in [3.63, 3.8) is 0 Å². The molecular weight excluding hydrogens is 390 g/mol. The summed E-state index contributed by atoms with van der Waals surface area (Å²) in [6, 6.07) is 10.8. The normalized spacial score (nSPS) is 12.8. The summed E-state index contributed by atoms with van der Waals surface area (Å²) in [5.74, 6) is -0.275. The molecular formula is C18H15Cl2FN6. The van der Waals surface area contributed by atoms with Crippen LogP contribution in [0.4, 0.5) is 33.2 Å². The molecule has 0 fully saturated rings. The minimum atomic E-state index is -0.579. The lowest BCUT2D eigenvalue weighted by Gasteiger charge is -2.14. The molecule has 1 aliphatic heterocycles. The Morgan fingerprint density at radius 3 is 2.67 bits per heavy atom. The summed E-state index contributed by atoms with van der Waals surface area (Å²) in [7, 11) is 1.95. The second kappa shape index (κ2) is 7.19. The first-order chi connectivity index (χ1) is 13.0. The van der Waals surface area contributed by atoms with Gasteiger partial charge in [0.2, 0.25) is 5.95 Å². The molecule has 4 rings (SSSR count). The number of hydrazine groups is 1. The fraction of sp³-hybridized carbons (Fsp3) is 0.111. The van der Waals surface area contributed by atoms with Crippen molar-refractivity contribution in [2.75, 3.05) is 22.7 Å². The third-order valence-corrected chi connectivity index (χ3v) is 4.87. The van der Waals surface area contributed by atoms with Crippen molar-refractivity contribution < 1.29 is 4.39 Å². The summed E-state index contributed by atoms with van der Waals surface area (Å²) in [5.41, 5.74) is 6.86. The lowest BCUT2D eigenvalue weighted by molar-refractivity contribution is 0.619. The van der Waals surface area contributed by atoms with E-state index in [1.54, 1.807) is 18.2 Å². The van der Waals surface area contributed by atoms with E-state index in [-0.39, 0.29) is 11.8 Å². The highest BCUT2D eigenvalue weighted by Gasteiger charge is 2.16. The van der Waals surface area contributed by atoms with Crippen LogP contribution in [-0.4, -0.2) is 17.0 Å². The number of rotatable bonds is 4. The average molecular weight is 405 g/mol. The maximum atomic E-state index is 14.1. The van der Waals surface area contributed by atoms with Gasteiger partial charge in [-0.3, -0.25) is 0 Å². The van der Waals surface area contributed by atoms with Crippen LogP contribution in [0.1, 0.15) is 5.56 Å². The molecule has 0 aliphatic carbocycles. The maximum Gasteiger partial charge on any atom is 0.229 e. The van der Waals surface area contributed by atoms with Crippen LogP contribution >= 0.6 is 23.2 Å². The predicted molar refractivity (Wildman–Crippen MR) is 107 cm³/mol. The molecule has 1 aromatic heterocycles. The average Bonchev–Trinajstić information content (AvgIpc) is 3.02. The Morgan fingerprint density at radius 1 is 1.07 bits per heavy atom. The summed E-state index contributed by atoms with van der Waals surface area (Å²) in [4.78, 5) is 8.22. The van der Waals surface area contributed by atoms with Gasteiger partial charge in [-0.2, -0.15) is 4.98 Å². The topological polar surface area (TPSA) is 65.1 Å². The molecule has 0 saturated carbocycles. The maximum absolute atomic E-state index is 14.1. The summed E-state index contributed by atoms with van der Waals surface area (Å²) in [5, 5.41) is 8.72. The van der Waals surface area contributed by atoms with Crippen LogP contribution in [0.2, 0.25) is 10.0 Å². The molecule has 0 amide bonds. The van der Waals surface area contributed by atoms with E-state index in [0.717, 1.165) is 24.1 Å². The van der Waals surface area contributed by atoms with Crippen LogP contribution in [0.5, 0.6) is 0 Å². The standard InChI is InChI=1S/C18H15Cl2FN6/c1-27-16-7-12(3-2-10(16)8-23-27)25-18-22-9-15(21)17(26-18)24-11-4-5-13(19)14(20)6-11/h2-7,9,23H,8H2,1H3,(H2,22,24,25,26). The highest BCUT2D eigenvalue weighted by atomic mass is 35.5. The molecule has 0 unspecified atom stereocenters. The van der Waals surface area contributed by atoms with E-state index in [9.17, 15) is 4.39 Å². The Balaban J connectivity index is 1.57. The third-order valence-electron chi connectivity index (χ3n) is 4.14. The van der Waals surface area contributed by atoms with Crippen molar-refractivity contribution >= 4 is 52.0 Å². The van der Waals surface area contributed by atoms with Gasteiger partial charge in [-0.05, 0) is 35.9 Å². The number of nitrogens with one attached hydrogen (secondary N) is 3. The van der Waals surface area contributed by atoms with E-state index >= 15 is 0 Å². The van der Waals surface area contributed by atoms with Gasteiger partial charge in [0, 0.05) is 25.0 Å². The SMILES string of the molecule is CN1NCc2ccc(Nc3ncc(F)c(Nc4ccc(Cl)c(Cl)c4)n3)cc21. The first-order valence-corrected chi connectivity index (χ1v) is 8.87. The van der Waals surface area contributed by atoms with Crippen LogP contribution < -0.4 is 21.1 Å². The van der Waals surface area contributed by atoms with E-state index in [4.69, 9.17) is 23.2 Å². The summed E-state index contributed by atoms with van der Waals surface area (Å²) < 4.78 is 14.1. The fourth-order valence-corrected chi connectivity index (χ4v) is 3.05. The molecule has 3 aromatic rings. The van der Waals surface area contributed by atoms with E-state index in [1.165, 1.54) is 5.56 Å². The van der Waals surface area contributed by atoms with Gasteiger partial charge in [0.15, 0.2) is 11.6 Å². The molecule has 27 heavy (non-hydrogen) atoms. The lowest BCUT2D eigenvalue weighted by atomic mass is 10.2. The van der Waals surface area contributed by atoms with Crippen molar-refractivity contribution in [1.29, 1.82) is 0 Å². The molecule has 0 atom stereocenters. The highest BCUT2D eigenvalue weighted by Crippen LogP contribution is 2.30. The largest absolute Gasteiger partial charge is 0.338 e. The molecule has 6 nitrogen and oxygen atoms in total. The highest BCUT2D eigenvalue weighted by molar-refractivity contribution is 6.42. The number of halogens is 3. The zero-order chi connectivity index (χ0) is 19.0. The Bertz CT molecular complexity index is 1010. The number of hydrogen-bond donors (Lipinski definition) is 3. The van der Waals surface area contributed by atoms with Crippen LogP contribution in [0.25, 0.3) is 0 Å². The molecule has 2 heterocycles. The van der Waals surface area contributed by atoms with E-state index < -0.39 is 5.82 Å². The van der Waals surface area contributed by atoms with Crippen molar-refractivity contribution in [2.45, 2.75) is 6.54 Å². The minimum Gasteiger partial charge on any atom is -0.338 e. The number of aromatic nitrogens is 2. The molecule has 3 N–H and O–H groups in total. The second-order valence-electron chi connectivity index (χ2n) is 6.01. The Labute approximate surface area is 165 Å². The summed E-state index contributed by atoms with van der Waals surface area (Å²) in [6.07, 6.45) is 1.11. The molecule has 9 heteroatoms. The fourth-order valence-electron chi connectivity index (χ4n) is 2.75. The first kappa shape index (κ1) is 17.8. The van der Waals surface area contributed by atoms with E-state index in [0.29, 0.717) is 15.7 Å². The minimum absolute atomic E-state index is 0.0332. The first-order valence-electron chi connectivity index (χ1n) is 8.11. The Hall–Kier alpha value is -2.61.